The second kappa shape index (κ2) is 10.6. The molecule has 3 aromatic carbocycles. The minimum Gasteiger partial charge on any atom is -0.497 e. The maximum absolute atomic E-state index is 13.2. The highest BCUT2D eigenvalue weighted by Crippen LogP contribution is 2.32. The first-order chi connectivity index (χ1) is 16.8. The Balaban J connectivity index is 1.45. The van der Waals surface area contributed by atoms with Crippen LogP contribution >= 0.6 is 0 Å². The van der Waals surface area contributed by atoms with Crippen LogP contribution in [-0.4, -0.2) is 30.9 Å². The van der Waals surface area contributed by atoms with Crippen molar-refractivity contribution < 1.29 is 19.1 Å². The summed E-state index contributed by atoms with van der Waals surface area (Å²) in [5.41, 5.74) is 4.70. The monoisotopic (exact) mass is 470 g/mol. The van der Waals surface area contributed by atoms with Gasteiger partial charge in [0.05, 0.1) is 13.7 Å². The van der Waals surface area contributed by atoms with Crippen LogP contribution in [0.2, 0.25) is 0 Å². The van der Waals surface area contributed by atoms with E-state index in [1.807, 2.05) is 48.5 Å². The molecule has 2 N–H and O–H groups in total. The van der Waals surface area contributed by atoms with Gasteiger partial charge >= 0.3 is 0 Å². The highest BCUT2D eigenvalue weighted by atomic mass is 16.5. The number of ether oxygens (including phenoxy) is 2. The quantitative estimate of drug-likeness (QED) is 0.358. The summed E-state index contributed by atoms with van der Waals surface area (Å²) in [5, 5.41) is 6.28. The van der Waals surface area contributed by atoms with Gasteiger partial charge in [-0.15, -0.1) is 0 Å². The third-order valence-electron chi connectivity index (χ3n) is 5.76. The molecule has 6 nitrogen and oxygen atoms in total. The number of nitrogens with one attached hydrogen (secondary N) is 2. The molecule has 0 bridgehead atoms. The van der Waals surface area contributed by atoms with Crippen molar-refractivity contribution in [3.8, 4) is 5.75 Å². The molecule has 180 valence electrons. The molecule has 0 radical (unpaired) electrons. The van der Waals surface area contributed by atoms with Crippen molar-refractivity contribution in [2.75, 3.05) is 19.0 Å². The molecule has 35 heavy (non-hydrogen) atoms. The molecule has 0 saturated carbocycles. The lowest BCUT2D eigenvalue weighted by molar-refractivity contribution is -0.121. The predicted molar refractivity (Wildman–Crippen MR) is 137 cm³/mol. The molecule has 1 aliphatic rings. The number of fused-ring (bicyclic) bond motifs is 1. The lowest BCUT2D eigenvalue weighted by Crippen LogP contribution is -2.43. The Kier molecular flexibility index (Phi) is 7.32. The SMILES string of the molecule is COc1ccc2c(c1)/C(=C/C(=O)c1cccc(NC(=O)COCc3ccccc3)c1)NC(C)(C)C2. The number of hydrogen-bond acceptors (Lipinski definition) is 5. The van der Waals surface area contributed by atoms with Crippen LogP contribution < -0.4 is 15.4 Å². The number of hydrogen-bond donors (Lipinski definition) is 2. The second-order valence-corrected chi connectivity index (χ2v) is 9.24. The number of rotatable bonds is 8. The second-order valence-electron chi connectivity index (χ2n) is 9.24. The fraction of sp³-hybridized carbons (Fsp3) is 0.241. The largest absolute Gasteiger partial charge is 0.497 e. The van der Waals surface area contributed by atoms with Crippen molar-refractivity contribution in [2.24, 2.45) is 0 Å². The zero-order valence-corrected chi connectivity index (χ0v) is 20.3. The molecule has 1 amide bonds. The lowest BCUT2D eigenvalue weighted by atomic mass is 9.85. The molecule has 4 rings (SSSR count). The van der Waals surface area contributed by atoms with Gasteiger partial charge in [0, 0.05) is 34.1 Å². The molecular weight excluding hydrogens is 440 g/mol. The highest BCUT2D eigenvalue weighted by Gasteiger charge is 2.28. The van der Waals surface area contributed by atoms with Crippen LogP contribution in [-0.2, 0) is 22.6 Å². The van der Waals surface area contributed by atoms with Crippen molar-refractivity contribution in [1.29, 1.82) is 0 Å². The fourth-order valence-electron chi connectivity index (χ4n) is 4.15. The topological polar surface area (TPSA) is 76.7 Å². The summed E-state index contributed by atoms with van der Waals surface area (Å²) in [6.45, 7) is 4.49. The summed E-state index contributed by atoms with van der Waals surface area (Å²) in [6, 6.07) is 22.5. The average Bonchev–Trinajstić information content (AvgIpc) is 2.84. The normalized spacial score (nSPS) is 15.1. The van der Waals surface area contributed by atoms with E-state index < -0.39 is 0 Å². The van der Waals surface area contributed by atoms with E-state index in [2.05, 4.69) is 24.5 Å². The van der Waals surface area contributed by atoms with Crippen LogP contribution in [0.4, 0.5) is 5.69 Å². The molecule has 1 heterocycles. The van der Waals surface area contributed by atoms with Crippen molar-refractivity contribution in [3.05, 3.63) is 101 Å². The fourth-order valence-corrected chi connectivity index (χ4v) is 4.15. The highest BCUT2D eigenvalue weighted by molar-refractivity contribution is 6.09. The molecule has 6 heteroatoms. The van der Waals surface area contributed by atoms with E-state index in [0.29, 0.717) is 17.9 Å². The smallest absolute Gasteiger partial charge is 0.250 e. The molecule has 3 aromatic rings. The number of amides is 1. The summed E-state index contributed by atoms with van der Waals surface area (Å²) in [5.74, 6) is 0.304. The zero-order valence-electron chi connectivity index (χ0n) is 20.3. The number of anilines is 1. The Morgan fingerprint density at radius 1 is 1.03 bits per heavy atom. The number of benzene rings is 3. The van der Waals surface area contributed by atoms with E-state index >= 15 is 0 Å². The van der Waals surface area contributed by atoms with Crippen molar-refractivity contribution in [2.45, 2.75) is 32.4 Å². The third-order valence-corrected chi connectivity index (χ3v) is 5.76. The first-order valence-electron chi connectivity index (χ1n) is 11.6. The molecule has 0 fully saturated rings. The summed E-state index contributed by atoms with van der Waals surface area (Å²) >= 11 is 0. The molecule has 1 aliphatic heterocycles. The Bertz CT molecular complexity index is 1250. The number of methoxy groups -OCH3 is 1. The molecule has 0 unspecified atom stereocenters. The number of allylic oxidation sites excluding steroid dienone is 1. The maximum atomic E-state index is 13.2. The zero-order chi connectivity index (χ0) is 24.8. The van der Waals surface area contributed by atoms with Gasteiger partial charge in [-0.1, -0.05) is 48.5 Å². The summed E-state index contributed by atoms with van der Waals surface area (Å²) < 4.78 is 10.9. The number of ketones is 1. The third kappa shape index (κ3) is 6.37. The minimum atomic E-state index is -0.277. The van der Waals surface area contributed by atoms with Crippen molar-refractivity contribution >= 4 is 23.1 Å². The predicted octanol–water partition coefficient (Wildman–Crippen LogP) is 5.00. The van der Waals surface area contributed by atoms with E-state index in [9.17, 15) is 9.59 Å². The maximum Gasteiger partial charge on any atom is 0.250 e. The van der Waals surface area contributed by atoms with Gasteiger partial charge in [-0.05, 0) is 55.7 Å². The van der Waals surface area contributed by atoms with Crippen LogP contribution in [0.25, 0.3) is 5.70 Å². The summed E-state index contributed by atoms with van der Waals surface area (Å²) in [7, 11) is 1.63. The molecule has 0 saturated heterocycles. The Morgan fingerprint density at radius 3 is 2.60 bits per heavy atom. The van der Waals surface area contributed by atoms with E-state index in [0.717, 1.165) is 34.6 Å². The van der Waals surface area contributed by atoms with Gasteiger partial charge in [-0.3, -0.25) is 9.59 Å². The van der Waals surface area contributed by atoms with Crippen LogP contribution in [0.1, 0.15) is 40.9 Å². The van der Waals surface area contributed by atoms with E-state index in [1.54, 1.807) is 37.5 Å². The lowest BCUT2D eigenvalue weighted by Gasteiger charge is -2.35. The molecule has 0 aromatic heterocycles. The van der Waals surface area contributed by atoms with E-state index in [1.165, 1.54) is 0 Å². The molecular formula is C29H30N2O4. The van der Waals surface area contributed by atoms with Gasteiger partial charge in [0.15, 0.2) is 5.78 Å². The van der Waals surface area contributed by atoms with E-state index in [-0.39, 0.29) is 23.8 Å². The van der Waals surface area contributed by atoms with Crippen molar-refractivity contribution in [1.82, 2.24) is 5.32 Å². The van der Waals surface area contributed by atoms with Gasteiger partial charge < -0.3 is 20.1 Å². The van der Waals surface area contributed by atoms with Crippen molar-refractivity contribution in [3.63, 3.8) is 0 Å². The van der Waals surface area contributed by atoms with Gasteiger partial charge in [0.25, 0.3) is 0 Å². The van der Waals surface area contributed by atoms with E-state index in [4.69, 9.17) is 9.47 Å². The van der Waals surface area contributed by atoms with Gasteiger partial charge in [0.2, 0.25) is 5.91 Å². The summed E-state index contributed by atoms with van der Waals surface area (Å²) in [4.78, 5) is 25.5. The summed E-state index contributed by atoms with van der Waals surface area (Å²) in [6.07, 6.45) is 2.45. The molecule has 0 aliphatic carbocycles. The Morgan fingerprint density at radius 2 is 1.83 bits per heavy atom. The first-order valence-corrected chi connectivity index (χ1v) is 11.6. The Labute approximate surface area is 206 Å². The van der Waals surface area contributed by atoms with Gasteiger partial charge in [0.1, 0.15) is 12.4 Å². The minimum absolute atomic E-state index is 0.0747. The number of carbonyl (C=O) groups is 2. The number of carbonyl (C=O) groups excluding carboxylic acids is 2. The molecule has 0 atom stereocenters. The van der Waals surface area contributed by atoms with Gasteiger partial charge in [-0.2, -0.15) is 0 Å². The average molecular weight is 471 g/mol. The van der Waals surface area contributed by atoms with Crippen LogP contribution in [0.5, 0.6) is 5.75 Å². The Hall–Kier alpha value is -3.90. The standard InChI is InChI=1S/C29H30N2O4/c1-29(2)17-22-12-13-24(34-3)15-25(22)26(31-29)16-27(32)21-10-7-11-23(14-21)30-28(33)19-35-18-20-8-5-4-6-9-20/h4-16,31H,17-19H2,1-3H3,(H,30,33)/b26-16-. The van der Waals surface area contributed by atoms with Gasteiger partial charge in [-0.25, -0.2) is 0 Å². The first kappa shape index (κ1) is 24.2. The molecule has 0 spiro atoms. The van der Waals surface area contributed by atoms with Crippen LogP contribution in [0.15, 0.2) is 78.9 Å². The van der Waals surface area contributed by atoms with Crippen LogP contribution in [0.3, 0.4) is 0 Å². The van der Waals surface area contributed by atoms with Crippen LogP contribution in [0, 0.1) is 0 Å².